The summed E-state index contributed by atoms with van der Waals surface area (Å²) in [4.78, 5) is 6.75. The van der Waals surface area contributed by atoms with Crippen LogP contribution in [0.5, 0.6) is 11.5 Å². The van der Waals surface area contributed by atoms with Gasteiger partial charge >= 0.3 is 0 Å². The number of anilines is 1. The first-order valence-electron chi connectivity index (χ1n) is 7.03. The van der Waals surface area contributed by atoms with Crippen LogP contribution in [0.4, 0.5) is 5.69 Å². The molecule has 0 saturated carbocycles. The quantitative estimate of drug-likeness (QED) is 0.708. The minimum atomic E-state index is -0.154. The van der Waals surface area contributed by atoms with E-state index in [-0.39, 0.29) is 17.7 Å². The molecule has 0 amide bonds. The Kier molecular flexibility index (Phi) is 2.90. The van der Waals surface area contributed by atoms with Crippen molar-refractivity contribution in [3.05, 3.63) is 52.5 Å². The number of benzene rings is 2. The number of fused-ring (bicyclic) bond motifs is 3. The molecule has 0 aromatic heterocycles. The number of amidine groups is 1. The number of hydrogen-bond donors (Lipinski definition) is 3. The Balaban J connectivity index is 1.81. The van der Waals surface area contributed by atoms with Gasteiger partial charge in [0.1, 0.15) is 12.0 Å². The summed E-state index contributed by atoms with van der Waals surface area (Å²) in [6.07, 6.45) is -0.154. The van der Waals surface area contributed by atoms with Crippen molar-refractivity contribution in [1.29, 1.82) is 0 Å². The van der Waals surface area contributed by atoms with E-state index >= 15 is 0 Å². The number of aliphatic imine (C=N–C) groups is 1. The molecule has 4 rings (SSSR count). The molecule has 6 heteroatoms. The van der Waals surface area contributed by atoms with Crippen LogP contribution in [0.3, 0.4) is 0 Å². The van der Waals surface area contributed by atoms with E-state index in [2.05, 4.69) is 15.2 Å². The van der Waals surface area contributed by atoms with Crippen molar-refractivity contribution in [1.82, 2.24) is 4.90 Å². The molecule has 0 unspecified atom stereocenters. The first-order chi connectivity index (χ1) is 10.6. The topological polar surface area (TPSA) is 68.1 Å². The molecule has 2 aliphatic heterocycles. The van der Waals surface area contributed by atoms with E-state index in [1.807, 2.05) is 18.2 Å². The van der Waals surface area contributed by atoms with Gasteiger partial charge in [-0.3, -0.25) is 4.99 Å². The SMILES string of the molecule is Oc1ccc([C@@H]2Nc3cc(Cl)ccc3C3=NCCN32)cc1O. The highest BCUT2D eigenvalue weighted by atomic mass is 35.5. The molecule has 2 aromatic carbocycles. The van der Waals surface area contributed by atoms with Crippen LogP contribution < -0.4 is 5.32 Å². The zero-order valence-corrected chi connectivity index (χ0v) is 12.4. The molecular formula is C16H14ClN3O2. The van der Waals surface area contributed by atoms with Gasteiger partial charge in [-0.15, -0.1) is 0 Å². The monoisotopic (exact) mass is 315 g/mol. The maximum absolute atomic E-state index is 9.76. The van der Waals surface area contributed by atoms with Crippen LogP contribution >= 0.6 is 11.6 Å². The fourth-order valence-electron chi connectivity index (χ4n) is 2.98. The average molecular weight is 316 g/mol. The van der Waals surface area contributed by atoms with E-state index < -0.39 is 0 Å². The Bertz CT molecular complexity index is 791. The normalized spacial score (nSPS) is 19.2. The highest BCUT2D eigenvalue weighted by Crippen LogP contribution is 2.38. The fourth-order valence-corrected chi connectivity index (χ4v) is 3.15. The molecule has 3 N–H and O–H groups in total. The lowest BCUT2D eigenvalue weighted by Gasteiger charge is -2.37. The van der Waals surface area contributed by atoms with Gasteiger partial charge in [-0.25, -0.2) is 0 Å². The van der Waals surface area contributed by atoms with Crippen molar-refractivity contribution in [3.63, 3.8) is 0 Å². The predicted molar refractivity (Wildman–Crippen MR) is 85.7 cm³/mol. The summed E-state index contributed by atoms with van der Waals surface area (Å²) in [6.45, 7) is 1.54. The largest absolute Gasteiger partial charge is 0.504 e. The van der Waals surface area contributed by atoms with Crippen molar-refractivity contribution in [2.45, 2.75) is 6.17 Å². The van der Waals surface area contributed by atoms with E-state index in [9.17, 15) is 10.2 Å². The van der Waals surface area contributed by atoms with Crippen LogP contribution in [-0.4, -0.2) is 34.0 Å². The van der Waals surface area contributed by atoms with Gasteiger partial charge in [-0.1, -0.05) is 17.7 Å². The number of rotatable bonds is 1. The van der Waals surface area contributed by atoms with Crippen molar-refractivity contribution in [3.8, 4) is 11.5 Å². The maximum Gasteiger partial charge on any atom is 0.157 e. The Hall–Kier alpha value is -2.40. The van der Waals surface area contributed by atoms with Crippen LogP contribution in [0.25, 0.3) is 0 Å². The third-order valence-electron chi connectivity index (χ3n) is 4.02. The highest BCUT2D eigenvalue weighted by Gasteiger charge is 2.33. The minimum absolute atomic E-state index is 0.127. The summed E-state index contributed by atoms with van der Waals surface area (Å²) < 4.78 is 0. The molecule has 0 bridgehead atoms. The van der Waals surface area contributed by atoms with E-state index in [0.717, 1.165) is 35.7 Å². The van der Waals surface area contributed by atoms with Gasteiger partial charge < -0.3 is 20.4 Å². The van der Waals surface area contributed by atoms with Crippen LogP contribution in [0.15, 0.2) is 41.4 Å². The summed E-state index contributed by atoms with van der Waals surface area (Å²) in [5, 5.41) is 23.4. The number of nitrogens with zero attached hydrogens (tertiary/aromatic N) is 2. The lowest BCUT2D eigenvalue weighted by Crippen LogP contribution is -2.41. The van der Waals surface area contributed by atoms with Crippen molar-refractivity contribution < 1.29 is 10.2 Å². The van der Waals surface area contributed by atoms with Gasteiger partial charge in [-0.05, 0) is 35.9 Å². The molecule has 0 saturated heterocycles. The summed E-state index contributed by atoms with van der Waals surface area (Å²) in [7, 11) is 0. The van der Waals surface area contributed by atoms with E-state index in [4.69, 9.17) is 11.6 Å². The molecule has 0 radical (unpaired) electrons. The Morgan fingerprint density at radius 3 is 2.82 bits per heavy atom. The van der Waals surface area contributed by atoms with E-state index in [1.54, 1.807) is 12.1 Å². The second kappa shape index (κ2) is 4.81. The Morgan fingerprint density at radius 2 is 2.00 bits per heavy atom. The maximum atomic E-state index is 9.76. The fraction of sp³-hybridized carbons (Fsp3) is 0.188. The molecule has 0 fully saturated rings. The number of halogens is 1. The number of hydrogen-bond acceptors (Lipinski definition) is 5. The van der Waals surface area contributed by atoms with Crippen LogP contribution in [0.2, 0.25) is 5.02 Å². The molecule has 0 spiro atoms. The number of aromatic hydroxyl groups is 2. The summed E-state index contributed by atoms with van der Waals surface area (Å²) >= 11 is 6.09. The summed E-state index contributed by atoms with van der Waals surface area (Å²) in [6, 6.07) is 10.5. The number of nitrogens with one attached hydrogen (secondary N) is 1. The third kappa shape index (κ3) is 1.97. The Labute approximate surface area is 132 Å². The number of phenolic OH excluding ortho intramolecular Hbond substituents is 2. The lowest BCUT2D eigenvalue weighted by molar-refractivity contribution is 0.365. The predicted octanol–water partition coefficient (Wildman–Crippen LogP) is 2.94. The molecule has 2 heterocycles. The molecule has 112 valence electrons. The molecule has 1 atom stereocenters. The molecular weight excluding hydrogens is 302 g/mol. The van der Waals surface area contributed by atoms with Gasteiger partial charge in [0.2, 0.25) is 0 Å². The molecule has 0 aliphatic carbocycles. The zero-order valence-electron chi connectivity index (χ0n) is 11.6. The van der Waals surface area contributed by atoms with Crippen LogP contribution in [0.1, 0.15) is 17.3 Å². The number of phenols is 2. The molecule has 2 aliphatic rings. The van der Waals surface area contributed by atoms with Gasteiger partial charge in [0.15, 0.2) is 11.5 Å². The van der Waals surface area contributed by atoms with Gasteiger partial charge in [0.05, 0.1) is 6.54 Å². The minimum Gasteiger partial charge on any atom is -0.504 e. The van der Waals surface area contributed by atoms with Crippen LogP contribution in [-0.2, 0) is 0 Å². The third-order valence-corrected chi connectivity index (χ3v) is 4.25. The first kappa shape index (κ1) is 13.3. The average Bonchev–Trinajstić information content (AvgIpc) is 2.98. The zero-order chi connectivity index (χ0) is 15.3. The van der Waals surface area contributed by atoms with Crippen molar-refractivity contribution in [2.75, 3.05) is 18.4 Å². The highest BCUT2D eigenvalue weighted by molar-refractivity contribution is 6.31. The van der Waals surface area contributed by atoms with Gasteiger partial charge in [-0.2, -0.15) is 0 Å². The smallest absolute Gasteiger partial charge is 0.157 e. The van der Waals surface area contributed by atoms with Gasteiger partial charge in [0.25, 0.3) is 0 Å². The standard InChI is InChI=1S/C16H14ClN3O2/c17-10-2-3-11-12(8-10)19-15(20-6-5-18-16(11)20)9-1-4-13(21)14(22)7-9/h1-4,7-8,15,19,21-22H,5-6H2/t15-/m1/s1. The Morgan fingerprint density at radius 1 is 1.14 bits per heavy atom. The second-order valence-electron chi connectivity index (χ2n) is 5.38. The molecule has 22 heavy (non-hydrogen) atoms. The van der Waals surface area contributed by atoms with Crippen LogP contribution in [0, 0.1) is 0 Å². The van der Waals surface area contributed by atoms with Crippen molar-refractivity contribution in [2.24, 2.45) is 4.99 Å². The molecule has 5 nitrogen and oxygen atoms in total. The van der Waals surface area contributed by atoms with E-state index in [0.29, 0.717) is 5.02 Å². The second-order valence-corrected chi connectivity index (χ2v) is 5.82. The van der Waals surface area contributed by atoms with E-state index in [1.165, 1.54) is 6.07 Å². The first-order valence-corrected chi connectivity index (χ1v) is 7.41. The van der Waals surface area contributed by atoms with Gasteiger partial charge in [0, 0.05) is 22.8 Å². The molecule has 2 aromatic rings. The lowest BCUT2D eigenvalue weighted by atomic mass is 10.0. The van der Waals surface area contributed by atoms with Crippen molar-refractivity contribution >= 4 is 23.1 Å². The summed E-state index contributed by atoms with van der Waals surface area (Å²) in [5.41, 5.74) is 2.80. The summed E-state index contributed by atoms with van der Waals surface area (Å²) in [5.74, 6) is 0.676.